The molecule has 0 aliphatic heterocycles. The molecular weight excluding hydrogens is 412 g/mol. The Balaban J connectivity index is 1.62. The lowest BCUT2D eigenvalue weighted by molar-refractivity contribution is -0.384. The van der Waals surface area contributed by atoms with Crippen molar-refractivity contribution in [3.05, 3.63) is 86.7 Å². The number of non-ortho nitro benzene ring substituents is 1. The molecule has 8 heteroatoms. The van der Waals surface area contributed by atoms with Crippen LogP contribution in [0.15, 0.2) is 58.5 Å². The highest BCUT2D eigenvalue weighted by molar-refractivity contribution is 8.00. The zero-order chi connectivity index (χ0) is 22.5. The first kappa shape index (κ1) is 22.3. The minimum Gasteiger partial charge on any atom is -0.318 e. The van der Waals surface area contributed by atoms with Crippen LogP contribution in [-0.2, 0) is 4.79 Å². The third kappa shape index (κ3) is 5.61. The first-order chi connectivity index (χ1) is 14.7. The maximum atomic E-state index is 12.1. The topological polar surface area (TPSA) is 89.5 Å². The predicted molar refractivity (Wildman–Crippen MR) is 124 cm³/mol. The summed E-state index contributed by atoms with van der Waals surface area (Å²) in [5.41, 5.74) is 9.14. The van der Waals surface area contributed by atoms with Crippen LogP contribution in [0.5, 0.6) is 0 Å². The molecule has 31 heavy (non-hydrogen) atoms. The largest absolute Gasteiger partial charge is 0.318 e. The fourth-order valence-electron chi connectivity index (χ4n) is 3.41. The first-order valence-corrected chi connectivity index (χ1v) is 10.7. The van der Waals surface area contributed by atoms with E-state index in [-0.39, 0.29) is 17.3 Å². The number of nitro groups is 1. The van der Waals surface area contributed by atoms with E-state index in [0.717, 1.165) is 27.5 Å². The van der Waals surface area contributed by atoms with Gasteiger partial charge in [0.2, 0.25) is 5.91 Å². The molecule has 0 aliphatic carbocycles. The van der Waals surface area contributed by atoms with Crippen LogP contribution in [0.3, 0.4) is 0 Å². The van der Waals surface area contributed by atoms with Gasteiger partial charge in [0.25, 0.3) is 5.69 Å². The second-order valence-corrected chi connectivity index (χ2v) is 8.39. The summed E-state index contributed by atoms with van der Waals surface area (Å²) in [5.74, 6) is -0.0840. The summed E-state index contributed by atoms with van der Waals surface area (Å²) in [6, 6.07) is 14.6. The molecule has 2 aromatic carbocycles. The van der Waals surface area contributed by atoms with Gasteiger partial charge in [-0.25, -0.2) is 5.43 Å². The Morgan fingerprint density at radius 2 is 1.74 bits per heavy atom. The number of nitrogens with zero attached hydrogens (tertiary/aromatic N) is 3. The Morgan fingerprint density at radius 1 is 1.10 bits per heavy atom. The Labute approximate surface area is 185 Å². The maximum absolute atomic E-state index is 12.1. The molecule has 1 aromatic heterocycles. The smallest absolute Gasteiger partial charge is 0.269 e. The van der Waals surface area contributed by atoms with Crippen molar-refractivity contribution in [2.75, 3.05) is 5.75 Å². The zero-order valence-corrected chi connectivity index (χ0v) is 18.7. The van der Waals surface area contributed by atoms with Gasteiger partial charge in [-0.15, -0.1) is 11.8 Å². The minimum atomic E-state index is -0.451. The molecule has 1 heterocycles. The highest BCUT2D eigenvalue weighted by atomic mass is 32.2. The molecule has 0 fully saturated rings. The van der Waals surface area contributed by atoms with E-state index in [9.17, 15) is 14.9 Å². The summed E-state index contributed by atoms with van der Waals surface area (Å²) in [7, 11) is 0. The third-order valence-corrected chi connectivity index (χ3v) is 5.76. The van der Waals surface area contributed by atoms with Gasteiger partial charge in [0, 0.05) is 39.7 Å². The number of carbonyl (C=O) groups is 1. The number of nitro benzene ring substituents is 1. The van der Waals surface area contributed by atoms with E-state index in [1.54, 1.807) is 18.3 Å². The van der Waals surface area contributed by atoms with Crippen LogP contribution in [0.25, 0.3) is 5.69 Å². The van der Waals surface area contributed by atoms with Crippen LogP contribution in [-0.4, -0.2) is 27.4 Å². The van der Waals surface area contributed by atoms with Crippen molar-refractivity contribution < 1.29 is 9.72 Å². The molecule has 1 N–H and O–H groups in total. The number of hydrogen-bond donors (Lipinski definition) is 1. The number of carbonyl (C=O) groups excluding carboxylic acids is 1. The lowest BCUT2D eigenvalue weighted by Gasteiger charge is -2.11. The predicted octanol–water partition coefficient (Wildman–Crippen LogP) is 4.86. The number of hydrogen-bond acceptors (Lipinski definition) is 5. The Bertz CT molecular complexity index is 1130. The lowest BCUT2D eigenvalue weighted by Crippen LogP contribution is -2.19. The Hall–Kier alpha value is -3.39. The van der Waals surface area contributed by atoms with Crippen LogP contribution in [0, 0.1) is 37.8 Å². The summed E-state index contributed by atoms with van der Waals surface area (Å²) in [5, 5.41) is 14.8. The molecule has 0 atom stereocenters. The minimum absolute atomic E-state index is 0.0248. The molecule has 0 spiro atoms. The summed E-state index contributed by atoms with van der Waals surface area (Å²) in [6.45, 7) is 8.23. The number of aromatic nitrogens is 1. The average Bonchev–Trinajstić information content (AvgIpc) is 2.99. The van der Waals surface area contributed by atoms with E-state index < -0.39 is 4.92 Å². The van der Waals surface area contributed by atoms with Gasteiger partial charge in [-0.3, -0.25) is 14.9 Å². The van der Waals surface area contributed by atoms with Gasteiger partial charge < -0.3 is 4.57 Å². The van der Waals surface area contributed by atoms with Gasteiger partial charge >= 0.3 is 0 Å². The number of thioether (sulfide) groups is 1. The van der Waals surface area contributed by atoms with E-state index in [2.05, 4.69) is 47.1 Å². The van der Waals surface area contributed by atoms with Crippen molar-refractivity contribution in [3.63, 3.8) is 0 Å². The van der Waals surface area contributed by atoms with Crippen molar-refractivity contribution in [3.8, 4) is 5.69 Å². The van der Waals surface area contributed by atoms with Gasteiger partial charge in [0.05, 0.1) is 16.9 Å². The van der Waals surface area contributed by atoms with Gasteiger partial charge in [-0.2, -0.15) is 5.10 Å². The first-order valence-electron chi connectivity index (χ1n) is 9.71. The molecule has 1 amide bonds. The third-order valence-electron chi connectivity index (χ3n) is 4.75. The monoisotopic (exact) mass is 436 g/mol. The molecule has 0 bridgehead atoms. The average molecular weight is 437 g/mol. The van der Waals surface area contributed by atoms with Crippen molar-refractivity contribution >= 4 is 29.6 Å². The molecule has 160 valence electrons. The van der Waals surface area contributed by atoms with Gasteiger partial charge in [0.1, 0.15) is 0 Å². The molecule has 0 unspecified atom stereocenters. The summed E-state index contributed by atoms with van der Waals surface area (Å²) in [4.78, 5) is 23.1. The second kappa shape index (κ2) is 9.61. The maximum Gasteiger partial charge on any atom is 0.269 e. The Morgan fingerprint density at radius 3 is 2.35 bits per heavy atom. The van der Waals surface area contributed by atoms with Crippen molar-refractivity contribution in [2.45, 2.75) is 32.6 Å². The van der Waals surface area contributed by atoms with Crippen LogP contribution < -0.4 is 5.43 Å². The lowest BCUT2D eigenvalue weighted by atomic mass is 10.1. The van der Waals surface area contributed by atoms with Gasteiger partial charge in [-0.05, 0) is 69.2 Å². The van der Waals surface area contributed by atoms with Crippen LogP contribution in [0.2, 0.25) is 0 Å². The van der Waals surface area contributed by atoms with Crippen LogP contribution >= 0.6 is 11.8 Å². The summed E-state index contributed by atoms with van der Waals surface area (Å²) in [6.07, 6.45) is 1.65. The van der Waals surface area contributed by atoms with Gasteiger partial charge in [0.15, 0.2) is 0 Å². The van der Waals surface area contributed by atoms with E-state index in [4.69, 9.17) is 0 Å². The molecular formula is C23H24N4O3S. The normalized spacial score (nSPS) is 11.1. The second-order valence-electron chi connectivity index (χ2n) is 7.34. The number of amides is 1. The standard InChI is InChI=1S/C23H24N4O3S/c1-15-9-16(2)11-21(10-15)26-17(3)12-19(18(26)4)13-24-25-23(28)14-31-22-7-5-20(6-8-22)27(29)30/h5-13H,14H2,1-4H3,(H,25,28). The van der Waals surface area contributed by atoms with Crippen molar-refractivity contribution in [2.24, 2.45) is 5.10 Å². The molecule has 0 saturated carbocycles. The highest BCUT2D eigenvalue weighted by Gasteiger charge is 2.11. The fraction of sp³-hybridized carbons (Fsp3) is 0.217. The van der Waals surface area contributed by atoms with E-state index in [0.29, 0.717) is 0 Å². The number of hydrazone groups is 1. The molecule has 0 aliphatic rings. The quantitative estimate of drug-likeness (QED) is 0.248. The zero-order valence-electron chi connectivity index (χ0n) is 17.9. The van der Waals surface area contributed by atoms with Gasteiger partial charge in [-0.1, -0.05) is 6.07 Å². The summed E-state index contributed by atoms with van der Waals surface area (Å²) >= 11 is 1.29. The Kier molecular flexibility index (Phi) is 6.91. The summed E-state index contributed by atoms with van der Waals surface area (Å²) < 4.78 is 2.17. The van der Waals surface area contributed by atoms with E-state index in [1.807, 2.05) is 19.9 Å². The molecule has 3 rings (SSSR count). The number of aryl methyl sites for hydroxylation is 3. The van der Waals surface area contributed by atoms with Crippen LogP contribution in [0.1, 0.15) is 28.1 Å². The van der Waals surface area contributed by atoms with Crippen molar-refractivity contribution in [1.29, 1.82) is 0 Å². The fourth-order valence-corrected chi connectivity index (χ4v) is 4.11. The highest BCUT2D eigenvalue weighted by Crippen LogP contribution is 2.22. The molecule has 0 radical (unpaired) electrons. The molecule has 7 nitrogen and oxygen atoms in total. The van der Waals surface area contributed by atoms with Crippen LogP contribution in [0.4, 0.5) is 5.69 Å². The van der Waals surface area contributed by atoms with E-state index in [1.165, 1.54) is 35.0 Å². The molecule has 0 saturated heterocycles. The number of nitrogens with one attached hydrogen (secondary N) is 1. The van der Waals surface area contributed by atoms with E-state index >= 15 is 0 Å². The SMILES string of the molecule is Cc1cc(C)cc(-n2c(C)cc(C=NNC(=O)CSc3ccc([N+](=O)[O-])cc3)c2C)c1. The van der Waals surface area contributed by atoms with Crippen molar-refractivity contribution in [1.82, 2.24) is 9.99 Å². The molecule has 3 aromatic rings. The number of benzene rings is 2. The number of rotatable bonds is 7.